The van der Waals surface area contributed by atoms with E-state index in [-0.39, 0.29) is 19.0 Å². The molecule has 1 aliphatic heterocycles. The molecule has 0 bridgehead atoms. The van der Waals surface area contributed by atoms with Crippen LogP contribution in [0.2, 0.25) is 0 Å². The number of hydrogen-bond acceptors (Lipinski definition) is 5. The van der Waals surface area contributed by atoms with Crippen molar-refractivity contribution in [3.05, 3.63) is 0 Å². The number of carboxylic acid groups (broad SMARTS) is 1. The Morgan fingerprint density at radius 1 is 1.21 bits per heavy atom. The first-order valence-corrected chi connectivity index (χ1v) is 6.42. The van der Waals surface area contributed by atoms with E-state index in [9.17, 15) is 9.59 Å². The third-order valence-electron chi connectivity index (χ3n) is 3.19. The molecule has 0 aromatic carbocycles. The van der Waals surface area contributed by atoms with Crippen LogP contribution in [0, 0.1) is 0 Å². The molecule has 7 nitrogen and oxygen atoms in total. The van der Waals surface area contributed by atoms with Gasteiger partial charge in [0.05, 0.1) is 19.7 Å². The molecular weight excluding hydrogens is 250 g/mol. The molecule has 1 heterocycles. The second-order valence-corrected chi connectivity index (χ2v) is 4.78. The van der Waals surface area contributed by atoms with Gasteiger partial charge in [0.2, 0.25) is 5.91 Å². The number of carbonyl (C=O) groups is 2. The van der Waals surface area contributed by atoms with Crippen LogP contribution in [0.4, 0.5) is 0 Å². The maximum Gasteiger partial charge on any atom is 0.317 e. The number of likely N-dealkylation sites (N-methyl/N-ethyl adjacent to an activating group) is 1. The monoisotopic (exact) mass is 273 g/mol. The van der Waals surface area contributed by atoms with Crippen molar-refractivity contribution in [1.29, 1.82) is 0 Å². The average molecular weight is 273 g/mol. The molecule has 0 radical (unpaired) electrons. The molecule has 1 aliphatic rings. The van der Waals surface area contributed by atoms with Crippen LogP contribution in [0.15, 0.2) is 0 Å². The van der Waals surface area contributed by atoms with E-state index in [1.807, 2.05) is 7.05 Å². The summed E-state index contributed by atoms with van der Waals surface area (Å²) in [4.78, 5) is 28.4. The molecule has 1 N–H and O–H groups in total. The van der Waals surface area contributed by atoms with Gasteiger partial charge in [0, 0.05) is 39.8 Å². The molecule has 0 aromatic heterocycles. The second kappa shape index (κ2) is 8.08. The summed E-state index contributed by atoms with van der Waals surface area (Å²) in [5.41, 5.74) is 0. The number of rotatable bonds is 7. The van der Waals surface area contributed by atoms with Crippen LogP contribution in [0.5, 0.6) is 0 Å². The van der Waals surface area contributed by atoms with Gasteiger partial charge in [-0.15, -0.1) is 0 Å². The number of ether oxygens (including phenoxy) is 1. The Labute approximate surface area is 113 Å². The molecule has 1 fully saturated rings. The lowest BCUT2D eigenvalue weighted by atomic mass is 10.3. The van der Waals surface area contributed by atoms with Gasteiger partial charge in [-0.05, 0) is 7.05 Å². The number of nitrogens with zero attached hydrogens (tertiary/aromatic N) is 3. The van der Waals surface area contributed by atoms with Gasteiger partial charge in [0.15, 0.2) is 0 Å². The number of carboxylic acids is 1. The van der Waals surface area contributed by atoms with Crippen molar-refractivity contribution < 1.29 is 19.4 Å². The lowest BCUT2D eigenvalue weighted by Gasteiger charge is -2.33. The fraction of sp³-hybridized carbons (Fsp3) is 0.833. The zero-order valence-electron chi connectivity index (χ0n) is 11.7. The second-order valence-electron chi connectivity index (χ2n) is 4.78. The fourth-order valence-electron chi connectivity index (χ4n) is 1.97. The Morgan fingerprint density at radius 2 is 1.84 bits per heavy atom. The molecule has 19 heavy (non-hydrogen) atoms. The van der Waals surface area contributed by atoms with E-state index >= 15 is 0 Å². The Morgan fingerprint density at radius 3 is 2.37 bits per heavy atom. The number of piperazine rings is 1. The Hall–Kier alpha value is -1.18. The summed E-state index contributed by atoms with van der Waals surface area (Å²) in [7, 11) is 3.58. The fourth-order valence-corrected chi connectivity index (χ4v) is 1.97. The molecule has 0 saturated carbocycles. The molecular formula is C12H23N3O4. The third-order valence-corrected chi connectivity index (χ3v) is 3.19. The molecule has 0 atom stereocenters. The molecule has 0 spiro atoms. The van der Waals surface area contributed by atoms with Crippen molar-refractivity contribution in [2.75, 3.05) is 66.6 Å². The number of amides is 1. The first-order valence-electron chi connectivity index (χ1n) is 6.42. The zero-order chi connectivity index (χ0) is 14.3. The van der Waals surface area contributed by atoms with Gasteiger partial charge in [-0.1, -0.05) is 0 Å². The highest BCUT2D eigenvalue weighted by atomic mass is 16.5. The largest absolute Gasteiger partial charge is 0.480 e. The highest BCUT2D eigenvalue weighted by Gasteiger charge is 2.21. The lowest BCUT2D eigenvalue weighted by molar-refractivity contribution is -0.140. The minimum Gasteiger partial charge on any atom is -0.480 e. The van der Waals surface area contributed by atoms with E-state index in [2.05, 4.69) is 4.90 Å². The number of methoxy groups -OCH3 is 1. The van der Waals surface area contributed by atoms with Crippen LogP contribution in [-0.4, -0.2) is 98.3 Å². The molecule has 0 aliphatic carbocycles. The Balaban J connectivity index is 2.43. The highest BCUT2D eigenvalue weighted by Crippen LogP contribution is 2.01. The van der Waals surface area contributed by atoms with Crippen LogP contribution in [0.3, 0.4) is 0 Å². The Bertz CT molecular complexity index is 303. The first-order chi connectivity index (χ1) is 9.02. The molecule has 1 saturated heterocycles. The van der Waals surface area contributed by atoms with Crippen molar-refractivity contribution in [1.82, 2.24) is 14.7 Å². The molecule has 7 heteroatoms. The third kappa shape index (κ3) is 6.00. The summed E-state index contributed by atoms with van der Waals surface area (Å²) >= 11 is 0. The van der Waals surface area contributed by atoms with E-state index in [0.717, 1.165) is 13.1 Å². The van der Waals surface area contributed by atoms with Crippen LogP contribution >= 0.6 is 0 Å². The van der Waals surface area contributed by atoms with Crippen molar-refractivity contribution >= 4 is 11.9 Å². The van der Waals surface area contributed by atoms with E-state index < -0.39 is 5.97 Å². The summed E-state index contributed by atoms with van der Waals surface area (Å²) < 4.78 is 4.93. The summed E-state index contributed by atoms with van der Waals surface area (Å²) in [6.07, 6.45) is 0. The van der Waals surface area contributed by atoms with Gasteiger partial charge in [-0.25, -0.2) is 0 Å². The van der Waals surface area contributed by atoms with Crippen molar-refractivity contribution in [2.45, 2.75) is 0 Å². The minimum absolute atomic E-state index is 0.00884. The first kappa shape index (κ1) is 15.9. The summed E-state index contributed by atoms with van der Waals surface area (Å²) in [5, 5.41) is 8.83. The Kier molecular flexibility index (Phi) is 6.75. The van der Waals surface area contributed by atoms with Gasteiger partial charge in [0.25, 0.3) is 0 Å². The van der Waals surface area contributed by atoms with E-state index in [0.29, 0.717) is 26.2 Å². The van der Waals surface area contributed by atoms with Gasteiger partial charge < -0.3 is 19.6 Å². The van der Waals surface area contributed by atoms with E-state index in [4.69, 9.17) is 9.84 Å². The predicted octanol–water partition coefficient (Wildman–Crippen LogP) is -1.21. The predicted molar refractivity (Wildman–Crippen MR) is 70.0 cm³/mol. The highest BCUT2D eigenvalue weighted by molar-refractivity contribution is 5.79. The summed E-state index contributed by atoms with van der Waals surface area (Å²) in [6.45, 7) is 4.01. The standard InChI is InChI=1S/C12H23N3O4/c1-13-3-5-15(6-4-13)11(16)9-14(7-8-19-2)10-12(17)18/h3-10H2,1-2H3,(H,17,18). The van der Waals surface area contributed by atoms with Crippen LogP contribution in [0.1, 0.15) is 0 Å². The summed E-state index contributed by atoms with van der Waals surface area (Å²) in [6, 6.07) is 0. The number of aliphatic carboxylic acids is 1. The number of hydrogen-bond donors (Lipinski definition) is 1. The summed E-state index contributed by atoms with van der Waals surface area (Å²) in [5.74, 6) is -0.937. The maximum absolute atomic E-state index is 12.1. The average Bonchev–Trinajstić information content (AvgIpc) is 2.36. The van der Waals surface area contributed by atoms with Crippen LogP contribution in [0.25, 0.3) is 0 Å². The molecule has 0 unspecified atom stereocenters. The minimum atomic E-state index is -0.928. The van der Waals surface area contributed by atoms with Crippen LogP contribution in [-0.2, 0) is 14.3 Å². The van der Waals surface area contributed by atoms with E-state index in [1.165, 1.54) is 0 Å². The van der Waals surface area contributed by atoms with E-state index in [1.54, 1.807) is 16.9 Å². The van der Waals surface area contributed by atoms with Gasteiger partial charge in [-0.3, -0.25) is 14.5 Å². The lowest BCUT2D eigenvalue weighted by Crippen LogP contribution is -2.50. The molecule has 110 valence electrons. The SMILES string of the molecule is COCCN(CC(=O)O)CC(=O)N1CCN(C)CC1. The smallest absolute Gasteiger partial charge is 0.317 e. The van der Waals surface area contributed by atoms with Gasteiger partial charge in [0.1, 0.15) is 0 Å². The topological polar surface area (TPSA) is 73.3 Å². The molecule has 1 rings (SSSR count). The zero-order valence-corrected chi connectivity index (χ0v) is 11.7. The van der Waals surface area contributed by atoms with Crippen molar-refractivity contribution in [2.24, 2.45) is 0 Å². The van der Waals surface area contributed by atoms with Crippen LogP contribution < -0.4 is 0 Å². The quantitative estimate of drug-likeness (QED) is 0.628. The van der Waals surface area contributed by atoms with Gasteiger partial charge in [-0.2, -0.15) is 0 Å². The molecule has 1 amide bonds. The normalized spacial score (nSPS) is 16.9. The molecule has 0 aromatic rings. The van der Waals surface area contributed by atoms with Crippen molar-refractivity contribution in [3.8, 4) is 0 Å². The van der Waals surface area contributed by atoms with Gasteiger partial charge >= 0.3 is 5.97 Å². The van der Waals surface area contributed by atoms with Crippen molar-refractivity contribution in [3.63, 3.8) is 0 Å². The number of carbonyl (C=O) groups excluding carboxylic acids is 1. The maximum atomic E-state index is 12.1.